The van der Waals surface area contributed by atoms with Gasteiger partial charge in [0.1, 0.15) is 23.3 Å². The molecule has 0 radical (unpaired) electrons. The molecule has 2 aromatic carbocycles. The van der Waals surface area contributed by atoms with Gasteiger partial charge in [0.15, 0.2) is 0 Å². The third-order valence-corrected chi connectivity index (χ3v) is 4.59. The summed E-state index contributed by atoms with van der Waals surface area (Å²) in [4.78, 5) is 1.06. The number of thioether (sulfide) groups is 1. The molecular formula is C16H12BrFO2S. The fraction of sp³-hybridized carbons (Fsp3) is 0.125. The lowest BCUT2D eigenvalue weighted by atomic mass is 10.2. The normalized spacial score (nSPS) is 12.7. The van der Waals surface area contributed by atoms with Crippen molar-refractivity contribution >= 4 is 38.7 Å². The van der Waals surface area contributed by atoms with Crippen molar-refractivity contribution in [2.45, 2.75) is 11.0 Å². The molecule has 2 nitrogen and oxygen atoms in total. The molecule has 1 heterocycles. The highest BCUT2D eigenvalue weighted by Gasteiger charge is 2.14. The molecule has 108 valence electrons. The lowest BCUT2D eigenvalue weighted by molar-refractivity contribution is 0.177. The van der Waals surface area contributed by atoms with Gasteiger partial charge in [-0.15, -0.1) is 11.8 Å². The van der Waals surface area contributed by atoms with Crippen LogP contribution in [-0.2, 0) is 0 Å². The SMILES string of the molecule is OC(CSc1cccc(Br)c1)c1cc2cc(F)ccc2o1. The zero-order valence-electron chi connectivity index (χ0n) is 10.9. The van der Waals surface area contributed by atoms with Gasteiger partial charge in [-0.3, -0.25) is 0 Å². The lowest BCUT2D eigenvalue weighted by Crippen LogP contribution is -1.98. The number of aliphatic hydroxyl groups is 1. The van der Waals surface area contributed by atoms with Gasteiger partial charge in [-0.2, -0.15) is 0 Å². The van der Waals surface area contributed by atoms with E-state index in [1.807, 2.05) is 24.3 Å². The topological polar surface area (TPSA) is 33.4 Å². The van der Waals surface area contributed by atoms with Gasteiger partial charge in [-0.05, 0) is 42.5 Å². The minimum atomic E-state index is -0.732. The van der Waals surface area contributed by atoms with Crippen molar-refractivity contribution in [3.05, 3.63) is 64.6 Å². The maximum Gasteiger partial charge on any atom is 0.134 e. The van der Waals surface area contributed by atoms with E-state index in [1.165, 1.54) is 23.9 Å². The molecule has 3 aromatic rings. The summed E-state index contributed by atoms with van der Waals surface area (Å²) < 4.78 is 19.7. The van der Waals surface area contributed by atoms with Crippen LogP contribution < -0.4 is 0 Å². The second-order valence-electron chi connectivity index (χ2n) is 4.62. The molecule has 0 saturated heterocycles. The van der Waals surface area contributed by atoms with Gasteiger partial charge < -0.3 is 9.52 Å². The van der Waals surface area contributed by atoms with E-state index in [1.54, 1.807) is 12.1 Å². The Morgan fingerprint density at radius 2 is 2.05 bits per heavy atom. The van der Waals surface area contributed by atoms with Crippen LogP contribution in [0.1, 0.15) is 11.9 Å². The van der Waals surface area contributed by atoms with E-state index in [0.29, 0.717) is 22.5 Å². The fourth-order valence-corrected chi connectivity index (χ4v) is 3.46. The summed E-state index contributed by atoms with van der Waals surface area (Å²) in [5.74, 6) is 0.615. The molecule has 0 bridgehead atoms. The number of halogens is 2. The van der Waals surface area contributed by atoms with E-state index in [4.69, 9.17) is 4.42 Å². The number of hydrogen-bond acceptors (Lipinski definition) is 3. The number of benzene rings is 2. The molecule has 0 aliphatic carbocycles. The second-order valence-corrected chi connectivity index (χ2v) is 6.62. The maximum atomic E-state index is 13.1. The largest absolute Gasteiger partial charge is 0.458 e. The van der Waals surface area contributed by atoms with E-state index >= 15 is 0 Å². The zero-order chi connectivity index (χ0) is 14.8. The van der Waals surface area contributed by atoms with Crippen LogP contribution >= 0.6 is 27.7 Å². The third kappa shape index (κ3) is 3.48. The molecule has 0 aliphatic heterocycles. The van der Waals surface area contributed by atoms with Crippen molar-refractivity contribution in [2.24, 2.45) is 0 Å². The summed E-state index contributed by atoms with van der Waals surface area (Å²) >= 11 is 4.95. The van der Waals surface area contributed by atoms with Crippen molar-refractivity contribution in [3.63, 3.8) is 0 Å². The van der Waals surface area contributed by atoms with Crippen LogP contribution in [0.25, 0.3) is 11.0 Å². The van der Waals surface area contributed by atoms with E-state index in [9.17, 15) is 9.50 Å². The average molecular weight is 367 g/mol. The average Bonchev–Trinajstić information content (AvgIpc) is 2.88. The first-order valence-electron chi connectivity index (χ1n) is 6.37. The van der Waals surface area contributed by atoms with Crippen LogP contribution in [0.4, 0.5) is 4.39 Å². The minimum absolute atomic E-state index is 0.312. The number of hydrogen-bond donors (Lipinski definition) is 1. The number of fused-ring (bicyclic) bond motifs is 1. The smallest absolute Gasteiger partial charge is 0.134 e. The third-order valence-electron chi connectivity index (χ3n) is 3.03. The predicted molar refractivity (Wildman–Crippen MR) is 86.0 cm³/mol. The van der Waals surface area contributed by atoms with E-state index < -0.39 is 6.10 Å². The van der Waals surface area contributed by atoms with Crippen molar-refractivity contribution < 1.29 is 13.9 Å². The molecule has 0 saturated carbocycles. The molecule has 1 N–H and O–H groups in total. The van der Waals surface area contributed by atoms with E-state index in [0.717, 1.165) is 9.37 Å². The van der Waals surface area contributed by atoms with Crippen LogP contribution in [0.5, 0.6) is 0 Å². The second kappa shape index (κ2) is 6.22. The van der Waals surface area contributed by atoms with E-state index in [-0.39, 0.29) is 5.82 Å². The Morgan fingerprint density at radius 3 is 2.86 bits per heavy atom. The molecule has 5 heteroatoms. The standard InChI is InChI=1S/C16H12BrFO2S/c17-11-2-1-3-13(8-11)21-9-14(19)16-7-10-6-12(18)4-5-15(10)20-16/h1-8,14,19H,9H2. The highest BCUT2D eigenvalue weighted by Crippen LogP contribution is 2.30. The molecule has 1 atom stereocenters. The highest BCUT2D eigenvalue weighted by atomic mass is 79.9. The fourth-order valence-electron chi connectivity index (χ4n) is 2.01. The summed E-state index contributed by atoms with van der Waals surface area (Å²) in [5, 5.41) is 10.9. The van der Waals surface area contributed by atoms with Gasteiger partial charge >= 0.3 is 0 Å². The van der Waals surface area contributed by atoms with Crippen LogP contribution in [0.2, 0.25) is 0 Å². The van der Waals surface area contributed by atoms with Gasteiger partial charge in [0, 0.05) is 20.5 Å². The zero-order valence-corrected chi connectivity index (χ0v) is 13.3. The molecule has 1 aromatic heterocycles. The van der Waals surface area contributed by atoms with Crippen molar-refractivity contribution in [1.29, 1.82) is 0 Å². The Morgan fingerprint density at radius 1 is 1.19 bits per heavy atom. The van der Waals surface area contributed by atoms with E-state index in [2.05, 4.69) is 15.9 Å². The van der Waals surface area contributed by atoms with Crippen molar-refractivity contribution in [1.82, 2.24) is 0 Å². The van der Waals surface area contributed by atoms with Gasteiger partial charge in [0.05, 0.1) is 0 Å². The van der Waals surface area contributed by atoms with Crippen molar-refractivity contribution in [2.75, 3.05) is 5.75 Å². The van der Waals surface area contributed by atoms with Gasteiger partial charge in [-0.25, -0.2) is 4.39 Å². The maximum absolute atomic E-state index is 13.1. The number of aliphatic hydroxyl groups excluding tert-OH is 1. The Balaban J connectivity index is 1.73. The van der Waals surface area contributed by atoms with Crippen molar-refractivity contribution in [3.8, 4) is 0 Å². The van der Waals surface area contributed by atoms with Crippen LogP contribution in [0, 0.1) is 5.82 Å². The monoisotopic (exact) mass is 366 g/mol. The first kappa shape index (κ1) is 14.6. The molecule has 0 fully saturated rings. The molecule has 0 amide bonds. The summed E-state index contributed by atoms with van der Waals surface area (Å²) in [6.45, 7) is 0. The minimum Gasteiger partial charge on any atom is -0.458 e. The molecule has 3 rings (SSSR count). The highest BCUT2D eigenvalue weighted by molar-refractivity contribution is 9.10. The van der Waals surface area contributed by atoms with Crippen LogP contribution in [-0.4, -0.2) is 10.9 Å². The number of rotatable bonds is 4. The Bertz CT molecular complexity index is 772. The predicted octanol–water partition coefficient (Wildman–Crippen LogP) is 5.16. The number of furan rings is 1. The summed E-state index contributed by atoms with van der Waals surface area (Å²) in [6, 6.07) is 13.9. The Kier molecular flexibility index (Phi) is 4.33. The lowest BCUT2D eigenvalue weighted by Gasteiger charge is -2.07. The Labute approximate surface area is 134 Å². The molecule has 21 heavy (non-hydrogen) atoms. The summed E-state index contributed by atoms with van der Waals surface area (Å²) in [5.41, 5.74) is 0.581. The summed E-state index contributed by atoms with van der Waals surface area (Å²) in [6.07, 6.45) is -0.732. The molecule has 0 aliphatic rings. The molecular weight excluding hydrogens is 355 g/mol. The van der Waals surface area contributed by atoms with Gasteiger partial charge in [0.25, 0.3) is 0 Å². The van der Waals surface area contributed by atoms with Crippen LogP contribution in [0.3, 0.4) is 0 Å². The summed E-state index contributed by atoms with van der Waals surface area (Å²) in [7, 11) is 0. The van der Waals surface area contributed by atoms with Crippen LogP contribution in [0.15, 0.2) is 62.3 Å². The molecule has 1 unspecified atom stereocenters. The Hall–Kier alpha value is -1.30. The van der Waals surface area contributed by atoms with Gasteiger partial charge in [0.2, 0.25) is 0 Å². The molecule has 0 spiro atoms. The quantitative estimate of drug-likeness (QED) is 0.647. The van der Waals surface area contributed by atoms with Gasteiger partial charge in [-0.1, -0.05) is 22.0 Å². The first-order chi connectivity index (χ1) is 10.1. The first-order valence-corrected chi connectivity index (χ1v) is 8.15.